The summed E-state index contributed by atoms with van der Waals surface area (Å²) < 4.78 is 3.44. The highest BCUT2D eigenvalue weighted by Gasteiger charge is 2.27. The van der Waals surface area contributed by atoms with Gasteiger partial charge in [0, 0.05) is 10.5 Å². The van der Waals surface area contributed by atoms with Crippen molar-refractivity contribution in [1.82, 2.24) is 9.55 Å². The van der Waals surface area contributed by atoms with Gasteiger partial charge in [-0.3, -0.25) is 0 Å². The summed E-state index contributed by atoms with van der Waals surface area (Å²) in [7, 11) is 0. The molecule has 3 rings (SSSR count). The Morgan fingerprint density at radius 2 is 2.00 bits per heavy atom. The van der Waals surface area contributed by atoms with Gasteiger partial charge in [-0.15, -0.1) is 11.6 Å². The second-order valence-corrected chi connectivity index (χ2v) is 7.44. The van der Waals surface area contributed by atoms with Crippen LogP contribution in [0.15, 0.2) is 22.7 Å². The maximum Gasteiger partial charge on any atom is 0.127 e. The zero-order valence-corrected chi connectivity index (χ0v) is 14.3. The predicted octanol–water partition coefficient (Wildman–Crippen LogP) is 5.85. The highest BCUT2D eigenvalue weighted by atomic mass is 79.9. The van der Waals surface area contributed by atoms with Crippen molar-refractivity contribution in [2.75, 3.05) is 0 Å². The Morgan fingerprint density at radius 1 is 1.30 bits per heavy atom. The number of rotatable bonds is 3. The van der Waals surface area contributed by atoms with Gasteiger partial charge in [0.1, 0.15) is 5.82 Å². The summed E-state index contributed by atoms with van der Waals surface area (Å²) >= 11 is 9.90. The van der Waals surface area contributed by atoms with Gasteiger partial charge in [0.05, 0.1) is 16.4 Å². The van der Waals surface area contributed by atoms with Crippen LogP contribution < -0.4 is 0 Å². The molecule has 0 radical (unpaired) electrons. The highest BCUT2D eigenvalue weighted by molar-refractivity contribution is 9.10. The van der Waals surface area contributed by atoms with Crippen molar-refractivity contribution in [2.45, 2.75) is 50.9 Å². The van der Waals surface area contributed by atoms with Crippen LogP contribution in [-0.2, 0) is 0 Å². The molecule has 0 saturated heterocycles. The van der Waals surface area contributed by atoms with E-state index in [4.69, 9.17) is 16.6 Å². The van der Waals surface area contributed by atoms with Gasteiger partial charge in [-0.05, 0) is 50.8 Å². The topological polar surface area (TPSA) is 17.8 Å². The van der Waals surface area contributed by atoms with E-state index in [1.165, 1.54) is 31.2 Å². The lowest BCUT2D eigenvalue weighted by Crippen LogP contribution is -2.17. The summed E-state index contributed by atoms with van der Waals surface area (Å²) in [6.07, 6.45) is 5.37. The van der Waals surface area contributed by atoms with Gasteiger partial charge in [-0.2, -0.15) is 0 Å². The number of fused-ring (bicyclic) bond motifs is 1. The average Bonchev–Trinajstić information content (AvgIpc) is 3.04. The number of imidazole rings is 1. The summed E-state index contributed by atoms with van der Waals surface area (Å²) in [6.45, 7) is 4.33. The summed E-state index contributed by atoms with van der Waals surface area (Å²) in [5.41, 5.74) is 2.24. The number of alkyl halides is 1. The Labute approximate surface area is 133 Å². The minimum Gasteiger partial charge on any atom is -0.324 e. The fraction of sp³-hybridized carbons (Fsp3) is 0.562. The standard InChI is InChI=1S/C16H20BrClN2/c1-10(18)16-19-14-9-13(17)7-8-15(14)20(16)11(2)12-5-3-4-6-12/h7-12H,3-6H2,1-2H3. The van der Waals surface area contributed by atoms with Gasteiger partial charge < -0.3 is 4.57 Å². The van der Waals surface area contributed by atoms with E-state index in [1.54, 1.807) is 0 Å². The lowest BCUT2D eigenvalue weighted by molar-refractivity contribution is 0.359. The first-order valence-corrected chi connectivity index (χ1v) is 8.62. The third-order valence-electron chi connectivity index (χ3n) is 4.52. The Balaban J connectivity index is 2.13. The van der Waals surface area contributed by atoms with Crippen LogP contribution >= 0.6 is 27.5 Å². The predicted molar refractivity (Wildman–Crippen MR) is 88.4 cm³/mol. The van der Waals surface area contributed by atoms with Crippen LogP contribution in [-0.4, -0.2) is 9.55 Å². The molecule has 1 fully saturated rings. The normalized spacial score (nSPS) is 19.6. The molecule has 1 aliphatic rings. The molecule has 1 aliphatic carbocycles. The van der Waals surface area contributed by atoms with Crippen LogP contribution in [0.4, 0.5) is 0 Å². The number of benzene rings is 1. The first-order chi connectivity index (χ1) is 9.58. The van der Waals surface area contributed by atoms with Gasteiger partial charge in [-0.1, -0.05) is 28.8 Å². The summed E-state index contributed by atoms with van der Waals surface area (Å²) in [4.78, 5) is 4.77. The number of halogens is 2. The van der Waals surface area contributed by atoms with Crippen molar-refractivity contribution < 1.29 is 0 Å². The quantitative estimate of drug-likeness (QED) is 0.631. The first kappa shape index (κ1) is 14.4. The van der Waals surface area contributed by atoms with Gasteiger partial charge in [0.15, 0.2) is 0 Å². The van der Waals surface area contributed by atoms with Gasteiger partial charge >= 0.3 is 0 Å². The van der Waals surface area contributed by atoms with E-state index in [0.717, 1.165) is 21.7 Å². The average molecular weight is 356 g/mol. The second-order valence-electron chi connectivity index (χ2n) is 5.87. The molecule has 4 heteroatoms. The Kier molecular flexibility index (Phi) is 4.09. The minimum absolute atomic E-state index is 0.0648. The van der Waals surface area contributed by atoms with Crippen LogP contribution in [0.1, 0.15) is 56.8 Å². The Morgan fingerprint density at radius 3 is 2.65 bits per heavy atom. The number of hydrogen-bond donors (Lipinski definition) is 0. The maximum atomic E-state index is 6.38. The first-order valence-electron chi connectivity index (χ1n) is 7.39. The monoisotopic (exact) mass is 354 g/mol. The third-order valence-corrected chi connectivity index (χ3v) is 5.21. The fourth-order valence-corrected chi connectivity index (χ4v) is 3.95. The SMILES string of the molecule is CC(Cl)c1nc2cc(Br)ccc2n1C(C)C1CCCC1. The molecule has 108 valence electrons. The molecular formula is C16H20BrClN2. The molecule has 2 aromatic rings. The summed E-state index contributed by atoms with van der Waals surface area (Å²) in [5, 5.41) is -0.0648. The van der Waals surface area contributed by atoms with Crippen molar-refractivity contribution in [3.63, 3.8) is 0 Å². The van der Waals surface area contributed by atoms with E-state index in [9.17, 15) is 0 Å². The zero-order valence-electron chi connectivity index (χ0n) is 11.9. The molecule has 2 atom stereocenters. The Bertz CT molecular complexity index is 614. The molecule has 2 nitrogen and oxygen atoms in total. The van der Waals surface area contributed by atoms with Crippen molar-refractivity contribution >= 4 is 38.6 Å². The molecule has 0 N–H and O–H groups in total. The molecule has 1 heterocycles. The number of hydrogen-bond acceptors (Lipinski definition) is 1. The van der Waals surface area contributed by atoms with Crippen molar-refractivity contribution in [3.05, 3.63) is 28.5 Å². The van der Waals surface area contributed by atoms with E-state index in [-0.39, 0.29) is 5.38 Å². The van der Waals surface area contributed by atoms with Crippen LogP contribution in [0.5, 0.6) is 0 Å². The lowest BCUT2D eigenvalue weighted by Gasteiger charge is -2.24. The molecule has 0 bridgehead atoms. The molecule has 1 aromatic heterocycles. The number of aromatic nitrogens is 2. The zero-order chi connectivity index (χ0) is 14.3. The molecule has 0 aliphatic heterocycles. The van der Waals surface area contributed by atoms with Crippen LogP contribution in [0.2, 0.25) is 0 Å². The maximum absolute atomic E-state index is 6.38. The fourth-order valence-electron chi connectivity index (χ4n) is 3.45. The van der Waals surface area contributed by atoms with Crippen molar-refractivity contribution in [1.29, 1.82) is 0 Å². The van der Waals surface area contributed by atoms with E-state index in [2.05, 4.69) is 45.6 Å². The van der Waals surface area contributed by atoms with Crippen LogP contribution in [0.3, 0.4) is 0 Å². The smallest absolute Gasteiger partial charge is 0.127 e. The minimum atomic E-state index is -0.0648. The van der Waals surface area contributed by atoms with Gasteiger partial charge in [0.25, 0.3) is 0 Å². The molecule has 20 heavy (non-hydrogen) atoms. The van der Waals surface area contributed by atoms with Gasteiger partial charge in [0.2, 0.25) is 0 Å². The largest absolute Gasteiger partial charge is 0.324 e. The van der Waals surface area contributed by atoms with Crippen molar-refractivity contribution in [3.8, 4) is 0 Å². The Hall–Kier alpha value is -0.540. The summed E-state index contributed by atoms with van der Waals surface area (Å²) in [6, 6.07) is 6.79. The lowest BCUT2D eigenvalue weighted by atomic mass is 9.99. The third kappa shape index (κ3) is 2.50. The van der Waals surface area contributed by atoms with E-state index in [0.29, 0.717) is 6.04 Å². The van der Waals surface area contributed by atoms with Crippen LogP contribution in [0.25, 0.3) is 11.0 Å². The molecule has 1 aromatic carbocycles. The van der Waals surface area contributed by atoms with Crippen molar-refractivity contribution in [2.24, 2.45) is 5.92 Å². The molecule has 0 amide bonds. The molecule has 0 spiro atoms. The number of nitrogens with zero attached hydrogens (tertiary/aromatic N) is 2. The van der Waals surface area contributed by atoms with Gasteiger partial charge in [-0.25, -0.2) is 4.98 Å². The van der Waals surface area contributed by atoms with E-state index in [1.807, 2.05) is 6.92 Å². The molecular weight excluding hydrogens is 336 g/mol. The van der Waals surface area contributed by atoms with E-state index >= 15 is 0 Å². The summed E-state index contributed by atoms with van der Waals surface area (Å²) in [5.74, 6) is 1.75. The molecule has 2 unspecified atom stereocenters. The highest BCUT2D eigenvalue weighted by Crippen LogP contribution is 2.38. The second kappa shape index (κ2) is 5.69. The van der Waals surface area contributed by atoms with E-state index < -0.39 is 0 Å². The van der Waals surface area contributed by atoms with Crippen LogP contribution in [0, 0.1) is 5.92 Å². The molecule has 1 saturated carbocycles.